The van der Waals surface area contributed by atoms with E-state index in [1.165, 1.54) is 11.8 Å². The normalized spacial score (nSPS) is 17.1. The Balaban J connectivity index is 2.13. The first-order chi connectivity index (χ1) is 10.4. The lowest BCUT2D eigenvalue weighted by atomic mass is 9.88. The molecule has 0 saturated carbocycles. The summed E-state index contributed by atoms with van der Waals surface area (Å²) in [5.74, 6) is 0.346. The first-order valence-corrected chi connectivity index (χ1v) is 8.39. The van der Waals surface area contributed by atoms with E-state index in [4.69, 9.17) is 5.73 Å². The van der Waals surface area contributed by atoms with Crippen LogP contribution in [0.2, 0.25) is 0 Å². The minimum absolute atomic E-state index is 0.0265. The van der Waals surface area contributed by atoms with Crippen LogP contribution < -0.4 is 16.0 Å². The van der Waals surface area contributed by atoms with Gasteiger partial charge in [0.25, 0.3) is 0 Å². The molecule has 3 N–H and O–H groups in total. The molecule has 0 spiro atoms. The zero-order valence-electron chi connectivity index (χ0n) is 13.3. The lowest BCUT2D eigenvalue weighted by molar-refractivity contribution is -0.124. The van der Waals surface area contributed by atoms with E-state index in [0.29, 0.717) is 12.3 Å². The number of rotatable bonds is 5. The summed E-state index contributed by atoms with van der Waals surface area (Å²) in [6, 6.07) is 7.65. The molecule has 0 fully saturated rings. The molecule has 1 aromatic carbocycles. The predicted octanol–water partition coefficient (Wildman–Crippen LogP) is 1.61. The summed E-state index contributed by atoms with van der Waals surface area (Å²) in [4.78, 5) is 27.1. The highest BCUT2D eigenvalue weighted by Gasteiger charge is 2.31. The Kier molecular flexibility index (Phi) is 5.13. The Morgan fingerprint density at radius 3 is 2.77 bits per heavy atom. The number of fused-ring (bicyclic) bond motifs is 1. The second kappa shape index (κ2) is 6.71. The van der Waals surface area contributed by atoms with Crippen LogP contribution in [0.5, 0.6) is 0 Å². The van der Waals surface area contributed by atoms with Crippen LogP contribution in [0.25, 0.3) is 0 Å². The molecule has 1 aromatic rings. The Hall–Kier alpha value is -1.53. The number of amides is 2. The van der Waals surface area contributed by atoms with Gasteiger partial charge in [0, 0.05) is 11.4 Å². The standard InChI is InChI=1S/C16H23N3O2S/c1-11(2)16(3,10-17)18-14(20)8-19-12-6-4-5-7-13(12)22-9-15(19)21/h4-7,11H,8-10,17H2,1-3H3,(H,18,20). The van der Waals surface area contributed by atoms with Crippen molar-refractivity contribution in [1.29, 1.82) is 0 Å². The van der Waals surface area contributed by atoms with Crippen molar-refractivity contribution >= 4 is 29.3 Å². The molecule has 2 amide bonds. The highest BCUT2D eigenvalue weighted by atomic mass is 32.2. The van der Waals surface area contributed by atoms with Gasteiger partial charge in [-0.05, 0) is 25.0 Å². The van der Waals surface area contributed by atoms with Crippen molar-refractivity contribution in [2.75, 3.05) is 23.7 Å². The summed E-state index contributed by atoms with van der Waals surface area (Å²) in [6.45, 7) is 6.35. The van der Waals surface area contributed by atoms with Crippen molar-refractivity contribution in [1.82, 2.24) is 5.32 Å². The van der Waals surface area contributed by atoms with Crippen LogP contribution in [0, 0.1) is 5.92 Å². The highest BCUT2D eigenvalue weighted by Crippen LogP contribution is 2.34. The third kappa shape index (κ3) is 3.44. The van der Waals surface area contributed by atoms with Crippen LogP contribution in [0.4, 0.5) is 5.69 Å². The number of hydrogen-bond donors (Lipinski definition) is 2. The molecule has 0 radical (unpaired) electrons. The smallest absolute Gasteiger partial charge is 0.240 e. The fourth-order valence-electron chi connectivity index (χ4n) is 2.26. The van der Waals surface area contributed by atoms with E-state index < -0.39 is 5.54 Å². The maximum absolute atomic E-state index is 12.4. The van der Waals surface area contributed by atoms with E-state index in [1.54, 1.807) is 4.90 Å². The molecule has 1 aliphatic rings. The summed E-state index contributed by atoms with van der Waals surface area (Å²) >= 11 is 1.51. The van der Waals surface area contributed by atoms with E-state index in [0.717, 1.165) is 10.6 Å². The maximum Gasteiger partial charge on any atom is 0.240 e. The van der Waals surface area contributed by atoms with Crippen molar-refractivity contribution < 1.29 is 9.59 Å². The second-order valence-electron chi connectivity index (χ2n) is 6.06. The molecule has 0 aromatic heterocycles. The summed E-state index contributed by atoms with van der Waals surface area (Å²) in [5.41, 5.74) is 6.13. The van der Waals surface area contributed by atoms with Gasteiger partial charge in [0.2, 0.25) is 11.8 Å². The van der Waals surface area contributed by atoms with Crippen LogP contribution in [-0.2, 0) is 9.59 Å². The first-order valence-electron chi connectivity index (χ1n) is 7.40. The third-order valence-corrected chi connectivity index (χ3v) is 5.28. The van der Waals surface area contributed by atoms with Gasteiger partial charge in [-0.3, -0.25) is 9.59 Å². The number of thioether (sulfide) groups is 1. The number of carbonyl (C=O) groups excluding carboxylic acids is 2. The van der Waals surface area contributed by atoms with Gasteiger partial charge in [0.05, 0.1) is 17.0 Å². The number of para-hydroxylation sites is 1. The van der Waals surface area contributed by atoms with Crippen molar-refractivity contribution in [2.24, 2.45) is 11.7 Å². The number of nitrogens with two attached hydrogens (primary N) is 1. The van der Waals surface area contributed by atoms with Crippen LogP contribution >= 0.6 is 11.8 Å². The van der Waals surface area contributed by atoms with Crippen molar-refractivity contribution in [3.63, 3.8) is 0 Å². The van der Waals surface area contributed by atoms with E-state index in [-0.39, 0.29) is 24.3 Å². The molecule has 2 rings (SSSR count). The van der Waals surface area contributed by atoms with Gasteiger partial charge in [0.1, 0.15) is 6.54 Å². The molecule has 1 aliphatic heterocycles. The number of benzene rings is 1. The predicted molar refractivity (Wildman–Crippen MR) is 90.0 cm³/mol. The van der Waals surface area contributed by atoms with Gasteiger partial charge in [-0.25, -0.2) is 0 Å². The minimum atomic E-state index is -0.468. The van der Waals surface area contributed by atoms with E-state index >= 15 is 0 Å². The van der Waals surface area contributed by atoms with Crippen molar-refractivity contribution in [2.45, 2.75) is 31.2 Å². The number of nitrogens with one attached hydrogen (secondary N) is 1. The molecule has 1 atom stereocenters. The van der Waals surface area contributed by atoms with Gasteiger partial charge >= 0.3 is 0 Å². The summed E-state index contributed by atoms with van der Waals surface area (Å²) in [5, 5.41) is 2.98. The highest BCUT2D eigenvalue weighted by molar-refractivity contribution is 8.00. The lowest BCUT2D eigenvalue weighted by Crippen LogP contribution is -2.57. The lowest BCUT2D eigenvalue weighted by Gasteiger charge is -2.35. The van der Waals surface area contributed by atoms with Gasteiger partial charge in [0.15, 0.2) is 0 Å². The molecule has 0 bridgehead atoms. The Labute approximate surface area is 135 Å². The van der Waals surface area contributed by atoms with Crippen molar-refractivity contribution in [3.8, 4) is 0 Å². The number of nitrogens with zero attached hydrogens (tertiary/aromatic N) is 1. The number of hydrogen-bond acceptors (Lipinski definition) is 4. The molecule has 22 heavy (non-hydrogen) atoms. The molecule has 1 heterocycles. The van der Waals surface area contributed by atoms with E-state index in [9.17, 15) is 9.59 Å². The molecular weight excluding hydrogens is 298 g/mol. The average Bonchev–Trinajstić information content (AvgIpc) is 2.49. The Morgan fingerprint density at radius 2 is 2.14 bits per heavy atom. The van der Waals surface area contributed by atoms with Gasteiger partial charge in [-0.2, -0.15) is 0 Å². The minimum Gasteiger partial charge on any atom is -0.348 e. The second-order valence-corrected chi connectivity index (χ2v) is 7.08. The zero-order valence-corrected chi connectivity index (χ0v) is 14.1. The topological polar surface area (TPSA) is 75.4 Å². The summed E-state index contributed by atoms with van der Waals surface area (Å²) in [6.07, 6.45) is 0. The summed E-state index contributed by atoms with van der Waals surface area (Å²) < 4.78 is 0. The Morgan fingerprint density at radius 1 is 1.45 bits per heavy atom. The van der Waals surface area contributed by atoms with Gasteiger partial charge in [-0.15, -0.1) is 11.8 Å². The maximum atomic E-state index is 12.4. The van der Waals surface area contributed by atoms with Gasteiger partial charge in [-0.1, -0.05) is 26.0 Å². The monoisotopic (exact) mass is 321 g/mol. The fourth-order valence-corrected chi connectivity index (χ4v) is 3.20. The molecule has 120 valence electrons. The molecule has 0 saturated heterocycles. The van der Waals surface area contributed by atoms with Gasteiger partial charge < -0.3 is 16.0 Å². The zero-order chi connectivity index (χ0) is 16.3. The number of anilines is 1. The first kappa shape index (κ1) is 16.8. The quantitative estimate of drug-likeness (QED) is 0.864. The van der Waals surface area contributed by atoms with Crippen LogP contribution in [0.1, 0.15) is 20.8 Å². The molecule has 1 unspecified atom stereocenters. The van der Waals surface area contributed by atoms with E-state index in [1.807, 2.05) is 45.0 Å². The fraction of sp³-hybridized carbons (Fsp3) is 0.500. The number of carbonyl (C=O) groups is 2. The van der Waals surface area contributed by atoms with E-state index in [2.05, 4.69) is 5.32 Å². The van der Waals surface area contributed by atoms with Crippen molar-refractivity contribution in [3.05, 3.63) is 24.3 Å². The van der Waals surface area contributed by atoms with Crippen LogP contribution in [-0.4, -0.2) is 36.2 Å². The third-order valence-electron chi connectivity index (χ3n) is 4.23. The molecule has 6 heteroatoms. The molecule has 5 nitrogen and oxygen atoms in total. The van der Waals surface area contributed by atoms with Crippen LogP contribution in [0.3, 0.4) is 0 Å². The SMILES string of the molecule is CC(C)C(C)(CN)NC(=O)CN1C(=O)CSc2ccccc21. The Bertz CT molecular complexity index is 576. The average molecular weight is 321 g/mol. The summed E-state index contributed by atoms with van der Waals surface area (Å²) in [7, 11) is 0. The largest absolute Gasteiger partial charge is 0.348 e. The molecule has 0 aliphatic carbocycles. The molecular formula is C16H23N3O2S. The van der Waals surface area contributed by atoms with Crippen LogP contribution in [0.15, 0.2) is 29.2 Å².